The number of hydrogen-bond acceptors (Lipinski definition) is 2. The van der Waals surface area contributed by atoms with Crippen molar-refractivity contribution in [2.75, 3.05) is 12.4 Å². The van der Waals surface area contributed by atoms with Gasteiger partial charge in [-0.3, -0.25) is 4.79 Å². The smallest absolute Gasteiger partial charge is 0.257 e. The summed E-state index contributed by atoms with van der Waals surface area (Å²) >= 11 is 0. The lowest BCUT2D eigenvalue weighted by Gasteiger charge is -2.04. The number of carbonyl (C=O) groups is 1. The minimum absolute atomic E-state index is 0.104. The van der Waals surface area contributed by atoms with Crippen molar-refractivity contribution in [3.63, 3.8) is 0 Å². The Morgan fingerprint density at radius 2 is 2.04 bits per heavy atom. The van der Waals surface area contributed by atoms with Crippen LogP contribution in [-0.2, 0) is 4.79 Å². The average molecular weight is 336 g/mol. The highest BCUT2D eigenvalue weighted by Gasteiger charge is 2.24. The van der Waals surface area contributed by atoms with E-state index in [-0.39, 0.29) is 5.91 Å². The van der Waals surface area contributed by atoms with E-state index in [1.54, 1.807) is 13.3 Å². The predicted octanol–water partition coefficient (Wildman–Crippen LogP) is 3.68. The van der Waals surface area contributed by atoms with Gasteiger partial charge in [-0.25, -0.2) is 0 Å². The summed E-state index contributed by atoms with van der Waals surface area (Å²) in [6, 6.07) is 7.69. The highest BCUT2D eigenvalue weighted by molar-refractivity contribution is 6.83. The number of ether oxygens (including phenoxy) is 1. The standard InChI is InChI=1S/C19H20N2O2Si/c1-23-15-7-9-21(12-15)13-17-16-11-14(8-10-24(2,3)4)5-6-18(16)20-19(17)22/h5-7,9,11-13H,1-4H3,(H,20,22). The molecule has 1 amide bonds. The van der Waals surface area contributed by atoms with Gasteiger partial charge in [0.05, 0.1) is 18.9 Å². The van der Waals surface area contributed by atoms with Gasteiger partial charge in [0.25, 0.3) is 5.91 Å². The summed E-state index contributed by atoms with van der Waals surface area (Å²) < 4.78 is 7.00. The van der Waals surface area contributed by atoms with E-state index in [0.717, 1.165) is 22.6 Å². The summed E-state index contributed by atoms with van der Waals surface area (Å²) in [4.78, 5) is 12.3. The molecule has 0 bridgehead atoms. The third-order valence-electron chi connectivity index (χ3n) is 3.59. The Balaban J connectivity index is 2.00. The number of hydrogen-bond donors (Lipinski definition) is 1. The lowest BCUT2D eigenvalue weighted by molar-refractivity contribution is -0.110. The quantitative estimate of drug-likeness (QED) is 0.516. The fourth-order valence-electron chi connectivity index (χ4n) is 2.40. The van der Waals surface area contributed by atoms with Crippen LogP contribution in [0.25, 0.3) is 11.8 Å². The second-order valence-electron chi connectivity index (χ2n) is 6.76. The van der Waals surface area contributed by atoms with Gasteiger partial charge in [-0.15, -0.1) is 5.54 Å². The Morgan fingerprint density at radius 1 is 1.25 bits per heavy atom. The molecule has 0 unspecified atom stereocenters. The van der Waals surface area contributed by atoms with Gasteiger partial charge in [-0.2, -0.15) is 0 Å². The van der Waals surface area contributed by atoms with Crippen molar-refractivity contribution in [3.05, 3.63) is 47.8 Å². The van der Waals surface area contributed by atoms with Gasteiger partial charge in [0.1, 0.15) is 13.8 Å². The Morgan fingerprint density at radius 3 is 2.71 bits per heavy atom. The fourth-order valence-corrected chi connectivity index (χ4v) is 2.92. The Hall–Kier alpha value is -2.71. The molecule has 2 aromatic rings. The lowest BCUT2D eigenvalue weighted by atomic mass is 10.1. The minimum Gasteiger partial charge on any atom is -0.495 e. The first-order valence-corrected chi connectivity index (χ1v) is 11.3. The van der Waals surface area contributed by atoms with Crippen molar-refractivity contribution < 1.29 is 9.53 Å². The van der Waals surface area contributed by atoms with Gasteiger partial charge < -0.3 is 14.6 Å². The molecule has 0 saturated heterocycles. The highest BCUT2D eigenvalue weighted by Crippen LogP contribution is 2.33. The zero-order chi connectivity index (χ0) is 17.3. The molecule has 3 rings (SSSR count). The topological polar surface area (TPSA) is 43.3 Å². The van der Waals surface area contributed by atoms with E-state index in [1.807, 2.05) is 41.2 Å². The number of anilines is 1. The van der Waals surface area contributed by atoms with E-state index in [2.05, 4.69) is 36.4 Å². The van der Waals surface area contributed by atoms with Gasteiger partial charge in [0, 0.05) is 29.2 Å². The number of carbonyl (C=O) groups excluding carboxylic acids is 1. The first-order valence-electron chi connectivity index (χ1n) is 7.78. The molecule has 0 aliphatic carbocycles. The number of aromatic nitrogens is 1. The Bertz CT molecular complexity index is 892. The molecule has 1 aromatic carbocycles. The summed E-state index contributed by atoms with van der Waals surface area (Å²) in [5.41, 5.74) is 6.62. The molecule has 1 aromatic heterocycles. The fraction of sp³-hybridized carbons (Fsp3) is 0.211. The summed E-state index contributed by atoms with van der Waals surface area (Å²) in [5, 5.41) is 2.90. The Labute approximate surface area is 143 Å². The van der Waals surface area contributed by atoms with E-state index < -0.39 is 8.07 Å². The molecule has 24 heavy (non-hydrogen) atoms. The number of fused-ring (bicyclic) bond motifs is 1. The van der Waals surface area contributed by atoms with E-state index in [0.29, 0.717) is 5.57 Å². The van der Waals surface area contributed by atoms with Crippen LogP contribution in [0.3, 0.4) is 0 Å². The third kappa shape index (κ3) is 3.44. The maximum Gasteiger partial charge on any atom is 0.257 e. The van der Waals surface area contributed by atoms with Crippen LogP contribution in [0, 0.1) is 11.5 Å². The Kier molecular flexibility index (Phi) is 4.08. The molecule has 0 spiro atoms. The summed E-state index contributed by atoms with van der Waals surface area (Å²) in [5.74, 6) is 3.89. The van der Waals surface area contributed by atoms with Gasteiger partial charge in [-0.1, -0.05) is 25.6 Å². The molecule has 122 valence electrons. The van der Waals surface area contributed by atoms with Crippen molar-refractivity contribution in [2.24, 2.45) is 0 Å². The number of rotatable bonds is 2. The summed E-state index contributed by atoms with van der Waals surface area (Å²) in [6.45, 7) is 6.63. The van der Waals surface area contributed by atoms with Crippen LogP contribution in [0.4, 0.5) is 5.69 Å². The largest absolute Gasteiger partial charge is 0.495 e. The van der Waals surface area contributed by atoms with Crippen molar-refractivity contribution in [1.29, 1.82) is 0 Å². The average Bonchev–Trinajstić information content (AvgIpc) is 3.10. The van der Waals surface area contributed by atoms with Crippen molar-refractivity contribution >= 4 is 31.4 Å². The third-order valence-corrected chi connectivity index (χ3v) is 4.46. The van der Waals surface area contributed by atoms with E-state index in [9.17, 15) is 4.79 Å². The van der Waals surface area contributed by atoms with Gasteiger partial charge in [0.2, 0.25) is 0 Å². The molecule has 0 atom stereocenters. The molecule has 1 aliphatic rings. The van der Waals surface area contributed by atoms with E-state index in [4.69, 9.17) is 4.74 Å². The summed E-state index contributed by atoms with van der Waals surface area (Å²) in [6.07, 6.45) is 5.48. The van der Waals surface area contributed by atoms with Gasteiger partial charge in [-0.05, 0) is 24.3 Å². The van der Waals surface area contributed by atoms with Crippen LogP contribution in [-0.4, -0.2) is 25.7 Å². The molecule has 1 aliphatic heterocycles. The molecule has 4 nitrogen and oxygen atoms in total. The van der Waals surface area contributed by atoms with Crippen molar-refractivity contribution in [2.45, 2.75) is 19.6 Å². The molecular weight excluding hydrogens is 316 g/mol. The van der Waals surface area contributed by atoms with E-state index >= 15 is 0 Å². The maximum absolute atomic E-state index is 12.3. The summed E-state index contributed by atoms with van der Waals surface area (Å²) in [7, 11) is 0.184. The van der Waals surface area contributed by atoms with Gasteiger partial charge in [0.15, 0.2) is 0 Å². The predicted molar refractivity (Wildman–Crippen MR) is 100 cm³/mol. The lowest BCUT2D eigenvalue weighted by Crippen LogP contribution is -2.16. The van der Waals surface area contributed by atoms with Crippen LogP contribution in [0.5, 0.6) is 5.75 Å². The zero-order valence-corrected chi connectivity index (χ0v) is 15.3. The van der Waals surface area contributed by atoms with Gasteiger partial charge >= 0.3 is 0 Å². The monoisotopic (exact) mass is 336 g/mol. The molecular formula is C19H20N2O2Si. The minimum atomic E-state index is -1.43. The number of nitrogens with zero attached hydrogens (tertiary/aromatic N) is 1. The first kappa shape index (κ1) is 16.2. The molecule has 0 saturated carbocycles. The van der Waals surface area contributed by atoms with Crippen molar-refractivity contribution in [3.8, 4) is 17.2 Å². The maximum atomic E-state index is 12.3. The second-order valence-corrected chi connectivity index (χ2v) is 11.5. The molecule has 0 radical (unpaired) electrons. The number of benzene rings is 1. The number of methoxy groups -OCH3 is 1. The van der Waals surface area contributed by atoms with Crippen LogP contribution in [0.2, 0.25) is 19.6 Å². The van der Waals surface area contributed by atoms with E-state index in [1.165, 1.54) is 0 Å². The van der Waals surface area contributed by atoms with Crippen LogP contribution in [0.1, 0.15) is 11.1 Å². The number of amides is 1. The molecule has 5 heteroatoms. The van der Waals surface area contributed by atoms with Crippen molar-refractivity contribution in [1.82, 2.24) is 4.57 Å². The highest BCUT2D eigenvalue weighted by atomic mass is 28.3. The van der Waals surface area contributed by atoms with Crippen LogP contribution >= 0.6 is 0 Å². The van der Waals surface area contributed by atoms with Crippen LogP contribution < -0.4 is 10.1 Å². The van der Waals surface area contributed by atoms with Crippen LogP contribution in [0.15, 0.2) is 36.7 Å². The second kappa shape index (κ2) is 6.06. The molecule has 1 N–H and O–H groups in total. The number of nitrogens with one attached hydrogen (secondary N) is 1. The first-order chi connectivity index (χ1) is 11.4. The normalized spacial score (nSPS) is 14.8. The molecule has 0 fully saturated rings. The molecule has 2 heterocycles. The zero-order valence-electron chi connectivity index (χ0n) is 14.3. The SMILES string of the molecule is COc1ccn(C=C2C(=O)Nc3ccc(C#C[Si](C)(C)C)cc32)c1.